The number of aryl methyl sites for hydroxylation is 1. The second kappa shape index (κ2) is 7.97. The van der Waals surface area contributed by atoms with E-state index in [0.717, 1.165) is 27.0 Å². The van der Waals surface area contributed by atoms with Crippen molar-refractivity contribution in [2.24, 2.45) is 5.73 Å². The molecule has 2 aromatic carbocycles. The van der Waals surface area contributed by atoms with Gasteiger partial charge in [-0.05, 0) is 42.8 Å². The van der Waals surface area contributed by atoms with Crippen LogP contribution in [0.2, 0.25) is 0 Å². The number of benzene rings is 2. The molecule has 0 atom stereocenters. The van der Waals surface area contributed by atoms with Gasteiger partial charge >= 0.3 is 0 Å². The Labute approximate surface area is 186 Å². The van der Waals surface area contributed by atoms with Gasteiger partial charge in [-0.1, -0.05) is 17.4 Å². The van der Waals surface area contributed by atoms with Gasteiger partial charge in [-0.2, -0.15) is 5.10 Å². The highest BCUT2D eigenvalue weighted by atomic mass is 32.1. The molecular formula is C22H19N5O4S. The van der Waals surface area contributed by atoms with Gasteiger partial charge in [0.15, 0.2) is 16.6 Å². The molecule has 9 nitrogen and oxygen atoms in total. The number of ether oxygens (including phenoxy) is 2. The van der Waals surface area contributed by atoms with E-state index in [1.807, 2.05) is 25.1 Å². The van der Waals surface area contributed by atoms with Gasteiger partial charge in [0.25, 0.3) is 5.91 Å². The number of nitrogens with two attached hydrogens (primary N) is 1. The zero-order chi connectivity index (χ0) is 22.2. The Morgan fingerprint density at radius 2 is 1.97 bits per heavy atom. The van der Waals surface area contributed by atoms with Crippen molar-refractivity contribution >= 4 is 38.5 Å². The van der Waals surface area contributed by atoms with Crippen LogP contribution in [0.1, 0.15) is 16.1 Å². The number of primary amides is 1. The first-order valence-electron chi connectivity index (χ1n) is 9.90. The number of hydrogen-bond donors (Lipinski definition) is 2. The fraction of sp³-hybridized carbons (Fsp3) is 0.182. The smallest absolute Gasteiger partial charge is 0.260 e. The first kappa shape index (κ1) is 20.0. The minimum absolute atomic E-state index is 0.291. The average molecular weight is 449 g/mol. The van der Waals surface area contributed by atoms with Crippen molar-refractivity contribution in [1.29, 1.82) is 0 Å². The van der Waals surface area contributed by atoms with E-state index < -0.39 is 11.8 Å². The molecule has 162 valence electrons. The third-order valence-corrected chi connectivity index (χ3v) is 6.14. The normalized spacial score (nSPS) is 12.7. The van der Waals surface area contributed by atoms with Gasteiger partial charge < -0.3 is 15.2 Å². The standard InChI is InChI=1S/C22H19N5O4S/c1-12-15(10-24-26-12)13-2-4-16-19(9-13)32-22(25-16)27(11-20(23)28)21(29)14-3-5-17-18(8-14)31-7-6-30-17/h2-5,8-10H,6-7,11H2,1H3,(H2,23,28)(H,24,26). The van der Waals surface area contributed by atoms with Crippen LogP contribution in [0.15, 0.2) is 42.6 Å². The van der Waals surface area contributed by atoms with Gasteiger partial charge in [-0.25, -0.2) is 4.98 Å². The van der Waals surface area contributed by atoms with E-state index in [1.165, 1.54) is 16.2 Å². The molecule has 1 aliphatic rings. The molecule has 3 N–H and O–H groups in total. The maximum absolute atomic E-state index is 13.3. The SMILES string of the molecule is Cc1[nH]ncc1-c1ccc2nc(N(CC(N)=O)C(=O)c3ccc4c(c3)OCCO4)sc2c1. The number of anilines is 1. The number of hydrogen-bond acceptors (Lipinski definition) is 7. The Morgan fingerprint density at radius 1 is 1.16 bits per heavy atom. The summed E-state index contributed by atoms with van der Waals surface area (Å²) in [7, 11) is 0. The maximum atomic E-state index is 13.3. The Balaban J connectivity index is 1.52. The summed E-state index contributed by atoms with van der Waals surface area (Å²) in [4.78, 5) is 31.0. The Kier molecular flexibility index (Phi) is 4.98. The lowest BCUT2D eigenvalue weighted by Crippen LogP contribution is -2.38. The summed E-state index contributed by atoms with van der Waals surface area (Å²) in [6.07, 6.45) is 1.77. The predicted molar refractivity (Wildman–Crippen MR) is 120 cm³/mol. The molecular weight excluding hydrogens is 430 g/mol. The van der Waals surface area contributed by atoms with Gasteiger partial charge in [-0.3, -0.25) is 19.6 Å². The van der Waals surface area contributed by atoms with Gasteiger partial charge in [0.1, 0.15) is 19.8 Å². The molecule has 0 bridgehead atoms. The Morgan fingerprint density at radius 3 is 2.72 bits per heavy atom. The van der Waals surface area contributed by atoms with Crippen molar-refractivity contribution in [1.82, 2.24) is 15.2 Å². The number of amides is 2. The van der Waals surface area contributed by atoms with Crippen molar-refractivity contribution in [3.05, 3.63) is 53.9 Å². The number of rotatable bonds is 5. The van der Waals surface area contributed by atoms with Crippen molar-refractivity contribution < 1.29 is 19.1 Å². The minimum Gasteiger partial charge on any atom is -0.486 e. The summed E-state index contributed by atoms with van der Waals surface area (Å²) in [6, 6.07) is 10.8. The Bertz CT molecular complexity index is 1350. The number of aromatic amines is 1. The highest BCUT2D eigenvalue weighted by Crippen LogP contribution is 2.35. The van der Waals surface area contributed by atoms with E-state index in [1.54, 1.807) is 24.4 Å². The van der Waals surface area contributed by atoms with Crippen LogP contribution < -0.4 is 20.1 Å². The maximum Gasteiger partial charge on any atom is 0.260 e. The molecule has 0 radical (unpaired) electrons. The molecule has 5 rings (SSSR count). The summed E-state index contributed by atoms with van der Waals surface area (Å²) in [5.41, 5.74) is 9.45. The predicted octanol–water partition coefficient (Wildman–Crippen LogP) is 2.90. The largest absolute Gasteiger partial charge is 0.486 e. The monoisotopic (exact) mass is 449 g/mol. The zero-order valence-corrected chi connectivity index (χ0v) is 17.9. The number of carbonyl (C=O) groups excluding carboxylic acids is 2. The number of thiazole rings is 1. The van der Waals surface area contributed by atoms with Crippen LogP contribution in [0, 0.1) is 6.92 Å². The molecule has 2 amide bonds. The number of nitrogens with zero attached hydrogens (tertiary/aromatic N) is 3. The second-order valence-corrected chi connectivity index (χ2v) is 8.31. The number of nitrogens with one attached hydrogen (secondary N) is 1. The zero-order valence-electron chi connectivity index (χ0n) is 17.1. The van der Waals surface area contributed by atoms with E-state index in [-0.39, 0.29) is 6.54 Å². The lowest BCUT2D eigenvalue weighted by Gasteiger charge is -2.21. The van der Waals surface area contributed by atoms with Crippen molar-refractivity contribution in [3.8, 4) is 22.6 Å². The summed E-state index contributed by atoms with van der Waals surface area (Å²) in [5, 5.41) is 7.39. The average Bonchev–Trinajstić information content (AvgIpc) is 3.41. The van der Waals surface area contributed by atoms with Gasteiger partial charge in [0.2, 0.25) is 5.91 Å². The molecule has 3 heterocycles. The molecule has 0 unspecified atom stereocenters. The minimum atomic E-state index is -0.634. The fourth-order valence-electron chi connectivity index (χ4n) is 3.55. The van der Waals surface area contributed by atoms with Crippen molar-refractivity contribution in [3.63, 3.8) is 0 Å². The summed E-state index contributed by atoms with van der Waals surface area (Å²) >= 11 is 1.32. The van der Waals surface area contributed by atoms with Gasteiger partial charge in [0, 0.05) is 16.8 Å². The molecule has 4 aromatic rings. The van der Waals surface area contributed by atoms with Gasteiger partial charge in [0.05, 0.1) is 16.4 Å². The third-order valence-electron chi connectivity index (χ3n) is 5.10. The molecule has 10 heteroatoms. The van der Waals surface area contributed by atoms with Crippen molar-refractivity contribution in [2.75, 3.05) is 24.7 Å². The van der Waals surface area contributed by atoms with Crippen LogP contribution in [0.3, 0.4) is 0 Å². The first-order valence-corrected chi connectivity index (χ1v) is 10.7. The molecule has 0 aliphatic carbocycles. The summed E-state index contributed by atoms with van der Waals surface area (Å²) in [5.74, 6) is 0.0393. The Hall–Kier alpha value is -3.92. The van der Waals surface area contributed by atoms with Crippen molar-refractivity contribution in [2.45, 2.75) is 6.92 Å². The van der Waals surface area contributed by atoms with Gasteiger partial charge in [-0.15, -0.1) is 0 Å². The van der Waals surface area contributed by atoms with Crippen LogP contribution >= 0.6 is 11.3 Å². The van der Waals surface area contributed by atoms with E-state index in [4.69, 9.17) is 15.2 Å². The van der Waals surface area contributed by atoms with Crippen LogP contribution in [-0.2, 0) is 4.79 Å². The number of fused-ring (bicyclic) bond motifs is 2. The molecule has 2 aromatic heterocycles. The quantitative estimate of drug-likeness (QED) is 0.483. The lowest BCUT2D eigenvalue weighted by molar-refractivity contribution is -0.116. The van der Waals surface area contributed by atoms with E-state index in [0.29, 0.717) is 35.4 Å². The van der Waals surface area contributed by atoms with E-state index in [9.17, 15) is 9.59 Å². The molecule has 1 aliphatic heterocycles. The highest BCUT2D eigenvalue weighted by Gasteiger charge is 2.25. The first-order chi connectivity index (χ1) is 15.5. The van der Waals surface area contributed by atoms with Crippen LogP contribution in [0.4, 0.5) is 5.13 Å². The van der Waals surface area contributed by atoms with E-state index >= 15 is 0 Å². The second-order valence-electron chi connectivity index (χ2n) is 7.30. The number of carbonyl (C=O) groups is 2. The number of aromatic nitrogens is 3. The molecule has 0 saturated carbocycles. The molecule has 0 fully saturated rings. The summed E-state index contributed by atoms with van der Waals surface area (Å²) < 4.78 is 12.0. The highest BCUT2D eigenvalue weighted by molar-refractivity contribution is 7.22. The van der Waals surface area contributed by atoms with E-state index in [2.05, 4.69) is 15.2 Å². The molecule has 32 heavy (non-hydrogen) atoms. The summed E-state index contributed by atoms with van der Waals surface area (Å²) in [6.45, 7) is 2.53. The molecule has 0 spiro atoms. The topological polar surface area (TPSA) is 123 Å². The van der Waals surface area contributed by atoms with Crippen LogP contribution in [0.5, 0.6) is 11.5 Å². The number of H-pyrrole nitrogens is 1. The molecule has 0 saturated heterocycles. The fourth-order valence-corrected chi connectivity index (χ4v) is 4.55. The third kappa shape index (κ3) is 3.65. The van der Waals surface area contributed by atoms with Crippen LogP contribution in [0.25, 0.3) is 21.3 Å². The lowest BCUT2D eigenvalue weighted by atomic mass is 10.1. The van der Waals surface area contributed by atoms with Crippen LogP contribution in [-0.4, -0.2) is 46.8 Å².